The number of carbonyl (C=O) groups excluding carboxylic acids is 3. The standard InChI is InChI=1S/C30H34N4O4/c1-30(2,3)38-29(37)34-24-11-8-22(16-24)27(34)28(36)32-23(17-31)14-18-4-6-19(7-5-18)20-9-12-25-21(15-20)10-13-26(35)33-25/h4-7,9,12,15,22-24,27H,8,10-11,13-14,16H2,1-3H3,(H,32,36)(H,33,35)/t22-,23-,24+,27-/m0/s1. The molecule has 2 N–H and O–H groups in total. The molecule has 8 heteroatoms. The molecule has 4 atom stereocenters. The fourth-order valence-corrected chi connectivity index (χ4v) is 5.92. The number of ether oxygens (including phenoxy) is 1. The average Bonchev–Trinajstić information content (AvgIpc) is 3.49. The lowest BCUT2D eigenvalue weighted by atomic mass is 9.95. The van der Waals surface area contributed by atoms with Crippen molar-refractivity contribution < 1.29 is 19.1 Å². The first-order valence-corrected chi connectivity index (χ1v) is 13.3. The Morgan fingerprint density at radius 3 is 2.58 bits per heavy atom. The Hall–Kier alpha value is -3.86. The molecule has 5 rings (SSSR count). The fourth-order valence-electron chi connectivity index (χ4n) is 5.92. The number of rotatable bonds is 5. The van der Waals surface area contributed by atoms with Crippen molar-refractivity contribution >= 4 is 23.6 Å². The van der Waals surface area contributed by atoms with Crippen LogP contribution < -0.4 is 10.6 Å². The normalized spacial score (nSPS) is 22.7. The lowest BCUT2D eigenvalue weighted by Crippen LogP contribution is -2.55. The molecule has 0 spiro atoms. The lowest BCUT2D eigenvalue weighted by molar-refractivity contribution is -0.128. The summed E-state index contributed by atoms with van der Waals surface area (Å²) in [4.78, 5) is 39.4. The van der Waals surface area contributed by atoms with Gasteiger partial charge in [-0.05, 0) is 86.8 Å². The Balaban J connectivity index is 1.24. The maximum atomic E-state index is 13.3. The zero-order valence-electron chi connectivity index (χ0n) is 22.1. The number of amides is 3. The molecule has 8 nitrogen and oxygen atoms in total. The molecule has 2 aromatic rings. The van der Waals surface area contributed by atoms with Crippen molar-refractivity contribution in [3.63, 3.8) is 0 Å². The summed E-state index contributed by atoms with van der Waals surface area (Å²) in [6.07, 6.45) is 3.70. The number of carbonyl (C=O) groups is 3. The second-order valence-electron chi connectivity index (χ2n) is 11.6. The quantitative estimate of drug-likeness (QED) is 0.607. The van der Waals surface area contributed by atoms with Crippen LogP contribution in [0.4, 0.5) is 10.5 Å². The molecular weight excluding hydrogens is 480 g/mol. The van der Waals surface area contributed by atoms with Crippen molar-refractivity contribution in [1.29, 1.82) is 5.26 Å². The predicted molar refractivity (Wildman–Crippen MR) is 143 cm³/mol. The zero-order valence-corrected chi connectivity index (χ0v) is 22.1. The molecule has 1 saturated heterocycles. The van der Waals surface area contributed by atoms with Crippen molar-refractivity contribution in [2.45, 2.75) is 83.0 Å². The van der Waals surface area contributed by atoms with Gasteiger partial charge in [-0.3, -0.25) is 14.5 Å². The molecular formula is C30H34N4O4. The van der Waals surface area contributed by atoms with Crippen LogP contribution in [0, 0.1) is 17.2 Å². The number of benzene rings is 2. The van der Waals surface area contributed by atoms with Gasteiger partial charge in [0.2, 0.25) is 11.8 Å². The van der Waals surface area contributed by atoms with Gasteiger partial charge in [0.25, 0.3) is 0 Å². The van der Waals surface area contributed by atoms with Crippen molar-refractivity contribution in [1.82, 2.24) is 10.2 Å². The summed E-state index contributed by atoms with van der Waals surface area (Å²) in [5.41, 5.74) is 4.39. The molecule has 3 aliphatic rings. The maximum Gasteiger partial charge on any atom is 0.411 e. The highest BCUT2D eigenvalue weighted by Crippen LogP contribution is 2.43. The number of nitrogens with zero attached hydrogens (tertiary/aromatic N) is 2. The summed E-state index contributed by atoms with van der Waals surface area (Å²) >= 11 is 0. The van der Waals surface area contributed by atoms with Crippen LogP contribution in [0.1, 0.15) is 57.6 Å². The van der Waals surface area contributed by atoms with Crippen molar-refractivity contribution in [2.24, 2.45) is 5.92 Å². The molecule has 2 fully saturated rings. The third-order valence-electron chi connectivity index (χ3n) is 7.66. The van der Waals surface area contributed by atoms with Gasteiger partial charge >= 0.3 is 6.09 Å². The van der Waals surface area contributed by atoms with E-state index in [0.717, 1.165) is 53.6 Å². The predicted octanol–water partition coefficient (Wildman–Crippen LogP) is 4.58. The topological polar surface area (TPSA) is 112 Å². The van der Waals surface area contributed by atoms with E-state index in [-0.39, 0.29) is 23.8 Å². The van der Waals surface area contributed by atoms with Crippen LogP contribution in [0.2, 0.25) is 0 Å². The molecule has 2 heterocycles. The minimum absolute atomic E-state index is 0.0125. The fraction of sp³-hybridized carbons (Fsp3) is 0.467. The molecule has 2 aromatic carbocycles. The Morgan fingerprint density at radius 2 is 1.87 bits per heavy atom. The van der Waals surface area contributed by atoms with Crippen molar-refractivity contribution in [3.8, 4) is 17.2 Å². The van der Waals surface area contributed by atoms with E-state index in [1.54, 1.807) is 4.90 Å². The van der Waals surface area contributed by atoms with E-state index in [2.05, 4.69) is 22.8 Å². The number of anilines is 1. The highest BCUT2D eigenvalue weighted by Gasteiger charge is 2.52. The first kappa shape index (κ1) is 25.8. The summed E-state index contributed by atoms with van der Waals surface area (Å²) in [6.45, 7) is 5.45. The van der Waals surface area contributed by atoms with Crippen LogP contribution in [-0.2, 0) is 27.2 Å². The molecule has 1 saturated carbocycles. The zero-order chi connectivity index (χ0) is 27.0. The molecule has 198 valence electrons. The first-order chi connectivity index (χ1) is 18.1. The van der Waals surface area contributed by atoms with E-state index in [0.29, 0.717) is 12.8 Å². The van der Waals surface area contributed by atoms with Crippen molar-refractivity contribution in [3.05, 3.63) is 53.6 Å². The second kappa shape index (κ2) is 10.1. The molecule has 3 amide bonds. The molecule has 0 aromatic heterocycles. The largest absolute Gasteiger partial charge is 0.444 e. The molecule has 0 radical (unpaired) electrons. The molecule has 2 aliphatic heterocycles. The number of nitrogens with one attached hydrogen (secondary N) is 2. The molecule has 0 unspecified atom stereocenters. The number of hydrogen-bond acceptors (Lipinski definition) is 5. The molecule has 38 heavy (non-hydrogen) atoms. The highest BCUT2D eigenvalue weighted by molar-refractivity contribution is 5.94. The van der Waals surface area contributed by atoms with E-state index in [4.69, 9.17) is 4.74 Å². The van der Waals surface area contributed by atoms with Crippen LogP contribution in [-0.4, -0.2) is 46.5 Å². The number of aryl methyl sites for hydroxylation is 1. The molecule has 1 aliphatic carbocycles. The Morgan fingerprint density at radius 1 is 1.13 bits per heavy atom. The van der Waals surface area contributed by atoms with Gasteiger partial charge in [-0.2, -0.15) is 5.26 Å². The maximum absolute atomic E-state index is 13.3. The van der Waals surface area contributed by atoms with Gasteiger partial charge < -0.3 is 15.4 Å². The minimum Gasteiger partial charge on any atom is -0.444 e. The lowest BCUT2D eigenvalue weighted by Gasteiger charge is -2.35. The molecule has 2 bridgehead atoms. The summed E-state index contributed by atoms with van der Waals surface area (Å²) in [7, 11) is 0. The SMILES string of the molecule is CC(C)(C)OC(=O)N1[C@@H]2CC[C@@H](C2)[C@H]1C(=O)N[C@H](C#N)Cc1ccc(-c2ccc3c(c2)CCC(=O)N3)cc1. The van der Waals surface area contributed by atoms with Gasteiger partial charge in [0, 0.05) is 24.6 Å². The minimum atomic E-state index is -0.708. The highest BCUT2D eigenvalue weighted by atomic mass is 16.6. The van der Waals surface area contributed by atoms with Crippen LogP contribution in [0.15, 0.2) is 42.5 Å². The number of likely N-dealkylation sites (tertiary alicyclic amines) is 1. The van der Waals surface area contributed by atoms with Gasteiger partial charge in [-0.25, -0.2) is 4.79 Å². The summed E-state index contributed by atoms with van der Waals surface area (Å²) in [6, 6.07) is 14.9. The number of nitriles is 1. The van der Waals surface area contributed by atoms with E-state index in [1.807, 2.05) is 57.2 Å². The van der Waals surface area contributed by atoms with E-state index in [9.17, 15) is 19.6 Å². The first-order valence-electron chi connectivity index (χ1n) is 13.3. The van der Waals surface area contributed by atoms with Crippen molar-refractivity contribution in [2.75, 3.05) is 5.32 Å². The van der Waals surface area contributed by atoms with E-state index in [1.165, 1.54) is 0 Å². The average molecular weight is 515 g/mol. The van der Waals surface area contributed by atoms with E-state index < -0.39 is 23.8 Å². The Kier molecular flexibility index (Phi) is 6.87. The summed E-state index contributed by atoms with van der Waals surface area (Å²) < 4.78 is 5.59. The van der Waals surface area contributed by atoms with Crippen LogP contribution in [0.5, 0.6) is 0 Å². The van der Waals surface area contributed by atoms with Crippen LogP contribution in [0.25, 0.3) is 11.1 Å². The third kappa shape index (κ3) is 5.38. The van der Waals surface area contributed by atoms with Crippen LogP contribution >= 0.6 is 0 Å². The number of hydrogen-bond donors (Lipinski definition) is 2. The Bertz CT molecular complexity index is 1290. The second-order valence-corrected chi connectivity index (χ2v) is 11.6. The van der Waals surface area contributed by atoms with Gasteiger partial charge in [0.05, 0.1) is 6.07 Å². The van der Waals surface area contributed by atoms with Gasteiger partial charge in [-0.1, -0.05) is 30.3 Å². The number of piperidine rings is 1. The Labute approximate surface area is 223 Å². The monoisotopic (exact) mass is 514 g/mol. The van der Waals surface area contributed by atoms with Crippen LogP contribution in [0.3, 0.4) is 0 Å². The van der Waals surface area contributed by atoms with Gasteiger partial charge in [0.15, 0.2) is 0 Å². The summed E-state index contributed by atoms with van der Waals surface area (Å²) in [5.74, 6) is -0.143. The van der Waals surface area contributed by atoms with Gasteiger partial charge in [0.1, 0.15) is 17.7 Å². The summed E-state index contributed by atoms with van der Waals surface area (Å²) in [5, 5.41) is 15.6. The number of fused-ring (bicyclic) bond motifs is 3. The van der Waals surface area contributed by atoms with E-state index >= 15 is 0 Å². The smallest absolute Gasteiger partial charge is 0.411 e. The third-order valence-corrected chi connectivity index (χ3v) is 7.66. The van der Waals surface area contributed by atoms with Gasteiger partial charge in [-0.15, -0.1) is 0 Å².